The minimum Gasteiger partial charge on any atom is -0.369 e. The Hall–Kier alpha value is -2.38. The first-order valence-electron chi connectivity index (χ1n) is 12.6. The summed E-state index contributed by atoms with van der Waals surface area (Å²) in [6.45, 7) is 2.26. The third-order valence-corrected chi connectivity index (χ3v) is 6.06. The predicted molar refractivity (Wildman–Crippen MR) is 129 cm³/mol. The Balaban J connectivity index is 1.57. The van der Waals surface area contributed by atoms with Gasteiger partial charge in [0.15, 0.2) is 5.95 Å². The van der Waals surface area contributed by atoms with Crippen LogP contribution in [-0.2, 0) is 17.6 Å². The molecule has 8 heteroatoms. The molecule has 180 valence electrons. The normalized spacial score (nSPS) is 12.3. The van der Waals surface area contributed by atoms with Gasteiger partial charge in [-0.05, 0) is 25.7 Å². The van der Waals surface area contributed by atoms with Gasteiger partial charge in [0.2, 0.25) is 5.91 Å². The summed E-state index contributed by atoms with van der Waals surface area (Å²) in [6.07, 6.45) is 22.4. The molecule has 2 aromatic heterocycles. The lowest BCUT2D eigenvalue weighted by Crippen LogP contribution is -2.27. The van der Waals surface area contributed by atoms with Gasteiger partial charge in [-0.2, -0.15) is 0 Å². The van der Waals surface area contributed by atoms with E-state index in [4.69, 9.17) is 11.5 Å². The molecule has 1 amide bonds. The van der Waals surface area contributed by atoms with Crippen molar-refractivity contribution in [2.75, 3.05) is 5.73 Å². The highest BCUT2D eigenvalue weighted by atomic mass is 16.1. The molecule has 0 aromatic carbocycles. The van der Waals surface area contributed by atoms with Crippen molar-refractivity contribution in [3.8, 4) is 0 Å². The van der Waals surface area contributed by atoms with Gasteiger partial charge in [0, 0.05) is 11.9 Å². The minimum atomic E-state index is -0.410. The number of aromatic amines is 1. The lowest BCUT2D eigenvalue weighted by Gasteiger charge is -2.12. The number of amides is 1. The second kappa shape index (κ2) is 15.4. The summed E-state index contributed by atoms with van der Waals surface area (Å²) in [5, 5.41) is 8.39. The topological polar surface area (TPSA) is 128 Å². The number of nitrogens with two attached hydrogens (primary N) is 2. The van der Waals surface area contributed by atoms with E-state index < -0.39 is 6.04 Å². The number of nitrogens with one attached hydrogen (secondary N) is 1. The number of aryl methyl sites for hydroxylation is 2. The Morgan fingerprint density at radius 3 is 2.16 bits per heavy atom. The zero-order valence-corrected chi connectivity index (χ0v) is 19.9. The second-order valence-corrected chi connectivity index (χ2v) is 8.93. The van der Waals surface area contributed by atoms with Crippen molar-refractivity contribution in [3.05, 3.63) is 23.8 Å². The second-order valence-electron chi connectivity index (χ2n) is 8.93. The molecule has 8 nitrogen and oxygen atoms in total. The average Bonchev–Trinajstić information content (AvgIpc) is 3.40. The number of hydrogen-bond donors (Lipinski definition) is 3. The average molecular weight is 446 g/mol. The van der Waals surface area contributed by atoms with Gasteiger partial charge in [-0.25, -0.2) is 9.67 Å². The first-order valence-corrected chi connectivity index (χ1v) is 12.6. The molecule has 0 radical (unpaired) electrons. The zero-order valence-electron chi connectivity index (χ0n) is 19.9. The number of carbonyl (C=O) groups is 1. The first kappa shape index (κ1) is 25.9. The highest BCUT2D eigenvalue weighted by Gasteiger charge is 2.19. The number of H-pyrrole nitrogens is 1. The van der Waals surface area contributed by atoms with Gasteiger partial charge in [0.1, 0.15) is 6.04 Å². The maximum absolute atomic E-state index is 12.0. The van der Waals surface area contributed by atoms with Crippen molar-refractivity contribution < 1.29 is 4.79 Å². The van der Waals surface area contributed by atoms with Crippen molar-refractivity contribution >= 4 is 11.9 Å². The van der Waals surface area contributed by atoms with Gasteiger partial charge < -0.3 is 16.5 Å². The summed E-state index contributed by atoms with van der Waals surface area (Å²) in [5.74, 6) is 0.102. The lowest BCUT2D eigenvalue weighted by molar-refractivity contribution is -0.121. The zero-order chi connectivity index (χ0) is 23.0. The smallest absolute Gasteiger partial charge is 0.242 e. The van der Waals surface area contributed by atoms with Crippen LogP contribution in [0.5, 0.6) is 0 Å². The Morgan fingerprint density at radius 2 is 1.59 bits per heavy atom. The molecule has 32 heavy (non-hydrogen) atoms. The third kappa shape index (κ3) is 10.3. The number of hydrogen-bond acceptors (Lipinski definition) is 5. The lowest BCUT2D eigenvalue weighted by atomic mass is 10.0. The van der Waals surface area contributed by atoms with Crippen LogP contribution in [0.2, 0.25) is 0 Å². The van der Waals surface area contributed by atoms with Gasteiger partial charge in [0.25, 0.3) is 0 Å². The molecule has 2 aromatic rings. The fraction of sp³-hybridized carbons (Fsp3) is 0.750. The molecular formula is C24H43N7O. The Bertz CT molecular complexity index is 755. The molecule has 0 spiro atoms. The van der Waals surface area contributed by atoms with Crippen LogP contribution >= 0.6 is 0 Å². The van der Waals surface area contributed by atoms with Crippen LogP contribution in [0.25, 0.3) is 0 Å². The van der Waals surface area contributed by atoms with E-state index in [2.05, 4.69) is 27.2 Å². The first-order chi connectivity index (χ1) is 15.6. The van der Waals surface area contributed by atoms with Crippen LogP contribution in [0.4, 0.5) is 5.95 Å². The van der Waals surface area contributed by atoms with Crippen LogP contribution in [-0.4, -0.2) is 30.9 Å². The highest BCUT2D eigenvalue weighted by molar-refractivity contribution is 5.78. The van der Waals surface area contributed by atoms with E-state index in [0.717, 1.165) is 49.9 Å². The molecule has 0 saturated carbocycles. The summed E-state index contributed by atoms with van der Waals surface area (Å²) in [6, 6.07) is -0.410. The Morgan fingerprint density at radius 1 is 0.969 bits per heavy atom. The molecular weight excluding hydrogens is 402 g/mol. The summed E-state index contributed by atoms with van der Waals surface area (Å²) in [5.41, 5.74) is 13.1. The molecule has 5 N–H and O–H groups in total. The Labute approximate surface area is 192 Å². The van der Waals surface area contributed by atoms with E-state index >= 15 is 0 Å². The largest absolute Gasteiger partial charge is 0.369 e. The molecule has 0 aliphatic carbocycles. The quantitative estimate of drug-likeness (QED) is 0.266. The van der Waals surface area contributed by atoms with Gasteiger partial charge in [-0.15, -0.1) is 5.10 Å². The van der Waals surface area contributed by atoms with E-state index in [1.807, 2.05) is 6.20 Å². The molecule has 2 rings (SSSR count). The number of primary amides is 1. The number of imidazole rings is 1. The van der Waals surface area contributed by atoms with Crippen LogP contribution in [0.3, 0.4) is 0 Å². The van der Waals surface area contributed by atoms with E-state index in [0.29, 0.717) is 5.95 Å². The van der Waals surface area contributed by atoms with Gasteiger partial charge in [0.05, 0.1) is 11.9 Å². The van der Waals surface area contributed by atoms with Crippen LogP contribution in [0.15, 0.2) is 12.4 Å². The molecule has 0 fully saturated rings. The minimum absolute atomic E-state index is 0.336. The van der Waals surface area contributed by atoms with E-state index in [1.165, 1.54) is 64.2 Å². The SMILES string of the molecule is CCCCCCCCCCCCCCC(C(N)=O)n1cc(CCCc2cnc(N)[nH]2)nn1. The molecule has 0 bridgehead atoms. The molecule has 2 heterocycles. The number of carbonyl (C=O) groups excluding carboxylic acids is 1. The van der Waals surface area contributed by atoms with Crippen molar-refractivity contribution in [1.29, 1.82) is 0 Å². The van der Waals surface area contributed by atoms with E-state index in [9.17, 15) is 4.79 Å². The monoisotopic (exact) mass is 445 g/mol. The molecule has 0 saturated heterocycles. The fourth-order valence-electron chi connectivity index (χ4n) is 4.13. The number of nitrogens with zero attached hydrogens (tertiary/aromatic N) is 4. The molecule has 0 aliphatic heterocycles. The van der Waals surface area contributed by atoms with Crippen molar-refractivity contribution in [2.45, 2.75) is 116 Å². The standard InChI is InChI=1S/C24H43N7O/c1-2-3-4-5-6-7-8-9-10-11-12-13-17-22(23(25)32)31-19-21(29-30-31)16-14-15-20-18-27-24(26)28-20/h18-19,22H,2-17H2,1H3,(H2,25,32)(H3,26,27,28). The van der Waals surface area contributed by atoms with Gasteiger partial charge in [-0.1, -0.05) is 89.2 Å². The molecule has 0 aliphatic rings. The summed E-state index contributed by atoms with van der Waals surface area (Å²) in [7, 11) is 0. The van der Waals surface area contributed by atoms with Crippen LogP contribution < -0.4 is 11.5 Å². The number of anilines is 1. The fourth-order valence-corrected chi connectivity index (χ4v) is 4.13. The third-order valence-electron chi connectivity index (χ3n) is 6.06. The highest BCUT2D eigenvalue weighted by Crippen LogP contribution is 2.18. The summed E-state index contributed by atoms with van der Waals surface area (Å²) < 4.78 is 1.64. The van der Waals surface area contributed by atoms with Crippen molar-refractivity contribution in [3.63, 3.8) is 0 Å². The summed E-state index contributed by atoms with van der Waals surface area (Å²) in [4.78, 5) is 19.0. The maximum atomic E-state index is 12.0. The maximum Gasteiger partial charge on any atom is 0.242 e. The number of rotatable bonds is 19. The van der Waals surface area contributed by atoms with Crippen molar-refractivity contribution in [2.24, 2.45) is 5.73 Å². The predicted octanol–water partition coefficient (Wildman–Crippen LogP) is 4.88. The van der Waals surface area contributed by atoms with Crippen molar-refractivity contribution in [1.82, 2.24) is 25.0 Å². The number of unbranched alkanes of at least 4 members (excludes halogenated alkanes) is 11. The van der Waals surface area contributed by atoms with Gasteiger partial charge in [-0.3, -0.25) is 4.79 Å². The van der Waals surface area contributed by atoms with Crippen LogP contribution in [0, 0.1) is 0 Å². The van der Waals surface area contributed by atoms with Gasteiger partial charge >= 0.3 is 0 Å². The van der Waals surface area contributed by atoms with Crippen LogP contribution in [0.1, 0.15) is 114 Å². The van der Waals surface area contributed by atoms with E-state index in [1.54, 1.807) is 10.9 Å². The molecule has 1 unspecified atom stereocenters. The Kier molecular flexibility index (Phi) is 12.5. The number of nitrogen functional groups attached to an aromatic ring is 1. The summed E-state index contributed by atoms with van der Waals surface area (Å²) >= 11 is 0. The number of aromatic nitrogens is 5. The van der Waals surface area contributed by atoms with E-state index in [-0.39, 0.29) is 5.91 Å². The molecule has 1 atom stereocenters.